The lowest BCUT2D eigenvalue weighted by molar-refractivity contribution is -0.139. The second kappa shape index (κ2) is 9.77. The van der Waals surface area contributed by atoms with Crippen LogP contribution in [0.3, 0.4) is 0 Å². The standard InChI is InChI=1S/C21H24FNO3.C4H10O/c1-11-13(3)23-14(4)17(10-19(24)25-5)20(11)16-9-18(22)21-15(12(16)2)7-6-8-26-21;1-4(2,3)5/h9H,6-8,10H2,1-5H3;5H,1-3H3. The first-order valence-corrected chi connectivity index (χ1v) is 10.6. The van der Waals surface area contributed by atoms with Crippen LogP contribution in [0, 0.1) is 33.5 Å². The van der Waals surface area contributed by atoms with Crippen molar-refractivity contribution in [3.05, 3.63) is 45.5 Å². The number of aliphatic hydroxyl groups is 1. The Bertz CT molecular complexity index is 971. The number of carbonyl (C=O) groups excluding carboxylic acids is 1. The minimum atomic E-state index is -0.500. The van der Waals surface area contributed by atoms with Crippen LogP contribution in [0.25, 0.3) is 11.1 Å². The first-order chi connectivity index (χ1) is 14.3. The zero-order chi connectivity index (χ0) is 23.5. The largest absolute Gasteiger partial charge is 0.490 e. The van der Waals surface area contributed by atoms with Crippen LogP contribution in [0.15, 0.2) is 6.07 Å². The monoisotopic (exact) mass is 431 g/mol. The summed E-state index contributed by atoms with van der Waals surface area (Å²) < 4.78 is 25.2. The van der Waals surface area contributed by atoms with E-state index in [1.54, 1.807) is 20.8 Å². The van der Waals surface area contributed by atoms with Crippen LogP contribution in [0.2, 0.25) is 0 Å². The first kappa shape index (κ1) is 24.8. The summed E-state index contributed by atoms with van der Waals surface area (Å²) in [5.41, 5.74) is 6.49. The van der Waals surface area contributed by atoms with E-state index in [0.717, 1.165) is 57.6 Å². The van der Waals surface area contributed by atoms with Crippen LogP contribution in [0.4, 0.5) is 4.39 Å². The molecule has 0 saturated heterocycles. The number of nitrogens with zero attached hydrogens (tertiary/aromatic N) is 1. The van der Waals surface area contributed by atoms with Gasteiger partial charge in [-0.1, -0.05) is 0 Å². The first-order valence-electron chi connectivity index (χ1n) is 10.6. The molecule has 1 aromatic carbocycles. The number of esters is 1. The Hall–Kier alpha value is -2.47. The number of halogens is 1. The van der Waals surface area contributed by atoms with Crippen molar-refractivity contribution >= 4 is 5.97 Å². The minimum Gasteiger partial charge on any atom is -0.490 e. The number of aromatic nitrogens is 1. The predicted molar refractivity (Wildman–Crippen MR) is 120 cm³/mol. The van der Waals surface area contributed by atoms with Crippen molar-refractivity contribution in [2.75, 3.05) is 13.7 Å². The van der Waals surface area contributed by atoms with E-state index in [1.165, 1.54) is 13.2 Å². The SMILES string of the molecule is CC(C)(C)O.COC(=O)Cc1c(C)nc(C)c(C)c1-c1cc(F)c2c(c1C)CCCO2. The molecule has 0 bridgehead atoms. The van der Waals surface area contributed by atoms with E-state index < -0.39 is 5.60 Å². The molecule has 0 aliphatic carbocycles. The van der Waals surface area contributed by atoms with Gasteiger partial charge in [0, 0.05) is 17.0 Å². The lowest BCUT2D eigenvalue weighted by atomic mass is 9.86. The second-order valence-electron chi connectivity index (χ2n) is 8.98. The molecule has 0 fully saturated rings. The van der Waals surface area contributed by atoms with E-state index in [4.69, 9.17) is 14.6 Å². The summed E-state index contributed by atoms with van der Waals surface area (Å²) in [6, 6.07) is 1.53. The topological polar surface area (TPSA) is 68.7 Å². The van der Waals surface area contributed by atoms with E-state index in [2.05, 4.69) is 4.98 Å². The molecule has 0 radical (unpaired) electrons. The highest BCUT2D eigenvalue weighted by molar-refractivity contribution is 5.82. The molecule has 0 unspecified atom stereocenters. The summed E-state index contributed by atoms with van der Waals surface area (Å²) in [5.74, 6) is -0.318. The van der Waals surface area contributed by atoms with Gasteiger partial charge in [-0.3, -0.25) is 9.78 Å². The highest BCUT2D eigenvalue weighted by atomic mass is 19.1. The molecule has 1 aromatic heterocycles. The molecule has 0 spiro atoms. The number of hydrogen-bond acceptors (Lipinski definition) is 5. The summed E-state index contributed by atoms with van der Waals surface area (Å²) in [6.45, 7) is 13.5. The van der Waals surface area contributed by atoms with Gasteiger partial charge in [0.1, 0.15) is 0 Å². The van der Waals surface area contributed by atoms with Crippen LogP contribution >= 0.6 is 0 Å². The lowest BCUT2D eigenvalue weighted by Crippen LogP contribution is -2.14. The van der Waals surface area contributed by atoms with Gasteiger partial charge in [-0.2, -0.15) is 0 Å². The van der Waals surface area contributed by atoms with Crippen molar-refractivity contribution in [1.29, 1.82) is 0 Å². The van der Waals surface area contributed by atoms with Gasteiger partial charge in [0.25, 0.3) is 0 Å². The summed E-state index contributed by atoms with van der Waals surface area (Å²) in [6.07, 6.45) is 1.78. The van der Waals surface area contributed by atoms with Gasteiger partial charge >= 0.3 is 5.97 Å². The number of aryl methyl sites for hydroxylation is 2. The molecule has 0 atom stereocenters. The maximum atomic E-state index is 14.8. The van der Waals surface area contributed by atoms with Gasteiger partial charge in [0.2, 0.25) is 0 Å². The molecule has 31 heavy (non-hydrogen) atoms. The second-order valence-corrected chi connectivity index (χ2v) is 8.98. The summed E-state index contributed by atoms with van der Waals surface area (Å²) in [4.78, 5) is 16.5. The van der Waals surface area contributed by atoms with Gasteiger partial charge < -0.3 is 14.6 Å². The molecule has 5 nitrogen and oxygen atoms in total. The third-order valence-electron chi connectivity index (χ3n) is 5.25. The Morgan fingerprint density at radius 3 is 2.39 bits per heavy atom. The van der Waals surface area contributed by atoms with Crippen LogP contribution in [-0.2, 0) is 22.4 Å². The number of rotatable bonds is 3. The number of methoxy groups -OCH3 is 1. The van der Waals surface area contributed by atoms with Crippen molar-refractivity contribution in [3.63, 3.8) is 0 Å². The number of benzene rings is 1. The molecule has 1 aliphatic rings. The number of carbonyl (C=O) groups is 1. The number of pyridine rings is 1. The molecule has 1 N–H and O–H groups in total. The summed E-state index contributed by atoms with van der Waals surface area (Å²) >= 11 is 0. The van der Waals surface area contributed by atoms with E-state index >= 15 is 0 Å². The maximum Gasteiger partial charge on any atom is 0.310 e. The number of ether oxygens (including phenoxy) is 2. The molecular weight excluding hydrogens is 397 g/mol. The van der Waals surface area contributed by atoms with E-state index in [9.17, 15) is 9.18 Å². The van der Waals surface area contributed by atoms with Crippen LogP contribution in [0.1, 0.15) is 60.8 Å². The van der Waals surface area contributed by atoms with Crippen LogP contribution in [-0.4, -0.2) is 35.4 Å². The van der Waals surface area contributed by atoms with Gasteiger partial charge in [0.05, 0.1) is 25.7 Å². The number of hydrogen-bond donors (Lipinski definition) is 1. The molecule has 0 amide bonds. The minimum absolute atomic E-state index is 0.112. The third-order valence-corrected chi connectivity index (χ3v) is 5.25. The molecule has 2 heterocycles. The molecule has 6 heteroatoms. The normalized spacial score (nSPS) is 13.0. The molecule has 3 rings (SSSR count). The summed E-state index contributed by atoms with van der Waals surface area (Å²) in [7, 11) is 1.37. The Morgan fingerprint density at radius 2 is 1.81 bits per heavy atom. The van der Waals surface area contributed by atoms with Crippen molar-refractivity contribution in [2.45, 2.75) is 73.3 Å². The van der Waals surface area contributed by atoms with Gasteiger partial charge in [-0.15, -0.1) is 0 Å². The van der Waals surface area contributed by atoms with E-state index in [0.29, 0.717) is 12.4 Å². The van der Waals surface area contributed by atoms with Gasteiger partial charge in [0.15, 0.2) is 11.6 Å². The molecular formula is C25H34FNO4. The Balaban J connectivity index is 0.000000614. The predicted octanol–water partition coefficient (Wildman–Crippen LogP) is 4.94. The fourth-order valence-electron chi connectivity index (χ4n) is 3.71. The molecule has 2 aromatic rings. The van der Waals surface area contributed by atoms with Crippen LogP contribution in [0.5, 0.6) is 5.75 Å². The van der Waals surface area contributed by atoms with Crippen molar-refractivity contribution in [1.82, 2.24) is 4.98 Å². The van der Waals surface area contributed by atoms with Crippen LogP contribution < -0.4 is 4.74 Å². The highest BCUT2D eigenvalue weighted by Crippen LogP contribution is 2.40. The molecule has 1 aliphatic heterocycles. The lowest BCUT2D eigenvalue weighted by Gasteiger charge is -2.24. The zero-order valence-electron chi connectivity index (χ0n) is 19.9. The van der Waals surface area contributed by atoms with Crippen molar-refractivity contribution < 1.29 is 23.8 Å². The smallest absolute Gasteiger partial charge is 0.310 e. The molecule has 0 saturated carbocycles. The Morgan fingerprint density at radius 1 is 1.19 bits per heavy atom. The van der Waals surface area contributed by atoms with Crippen molar-refractivity contribution in [2.24, 2.45) is 0 Å². The van der Waals surface area contributed by atoms with Gasteiger partial charge in [-0.05, 0) is 95.2 Å². The Kier molecular flexibility index (Phi) is 7.82. The van der Waals surface area contributed by atoms with Gasteiger partial charge in [-0.25, -0.2) is 4.39 Å². The zero-order valence-corrected chi connectivity index (χ0v) is 19.9. The number of fused-ring (bicyclic) bond motifs is 1. The Labute approximate surface area is 184 Å². The van der Waals surface area contributed by atoms with Crippen molar-refractivity contribution in [3.8, 4) is 16.9 Å². The fourth-order valence-corrected chi connectivity index (χ4v) is 3.71. The fraction of sp³-hybridized carbons (Fsp3) is 0.520. The summed E-state index contributed by atoms with van der Waals surface area (Å²) in [5, 5.41) is 8.52. The molecule has 170 valence electrons. The van der Waals surface area contributed by atoms with E-state index in [1.807, 2.05) is 27.7 Å². The average Bonchev–Trinajstić information content (AvgIpc) is 2.68. The average molecular weight is 432 g/mol. The third kappa shape index (κ3) is 6.03. The van der Waals surface area contributed by atoms with E-state index in [-0.39, 0.29) is 18.2 Å². The quantitative estimate of drug-likeness (QED) is 0.697. The maximum absolute atomic E-state index is 14.8. The highest BCUT2D eigenvalue weighted by Gasteiger charge is 2.25.